The first-order chi connectivity index (χ1) is 13.7. The fraction of sp³-hybridized carbons (Fsp3) is 0.833. The van der Waals surface area contributed by atoms with Crippen molar-refractivity contribution in [2.24, 2.45) is 5.92 Å². The highest BCUT2D eigenvalue weighted by atomic mass is 28.4. The quantitative estimate of drug-likeness (QED) is 0.292. The van der Waals surface area contributed by atoms with Gasteiger partial charge >= 0.3 is 0 Å². The molecule has 166 valence electrons. The molecule has 0 aromatic carbocycles. The van der Waals surface area contributed by atoms with E-state index in [-0.39, 0.29) is 17.7 Å². The molecule has 1 saturated carbocycles. The van der Waals surface area contributed by atoms with E-state index in [1.807, 2.05) is 11.0 Å². The first-order valence-electron chi connectivity index (χ1n) is 11.8. The molecule has 1 saturated heterocycles. The van der Waals surface area contributed by atoms with Gasteiger partial charge in [0.25, 0.3) is 0 Å². The molecule has 1 heterocycles. The predicted molar refractivity (Wildman–Crippen MR) is 122 cm³/mol. The summed E-state index contributed by atoms with van der Waals surface area (Å²) in [6, 6.07) is 0.0398. The van der Waals surface area contributed by atoms with Gasteiger partial charge in [0.15, 0.2) is 14.1 Å². The van der Waals surface area contributed by atoms with Crippen molar-refractivity contribution in [2.75, 3.05) is 13.2 Å². The van der Waals surface area contributed by atoms with E-state index in [9.17, 15) is 9.59 Å². The largest absolute Gasteiger partial charge is 0.414 e. The summed E-state index contributed by atoms with van der Waals surface area (Å²) in [5, 5.41) is 0. The first-order valence-corrected chi connectivity index (χ1v) is 14.0. The van der Waals surface area contributed by atoms with Crippen molar-refractivity contribution in [2.45, 2.75) is 109 Å². The lowest BCUT2D eigenvalue weighted by Crippen LogP contribution is -2.50. The lowest BCUT2D eigenvalue weighted by Gasteiger charge is -2.43. The molecule has 2 rings (SSSR count). The molecule has 2 fully saturated rings. The van der Waals surface area contributed by atoms with E-state index in [0.717, 1.165) is 25.2 Å². The van der Waals surface area contributed by atoms with Gasteiger partial charge in [0.05, 0.1) is 12.6 Å². The number of ketones is 1. The number of carbonyl (C=O) groups excluding carboxylic acids is 2. The summed E-state index contributed by atoms with van der Waals surface area (Å²) in [6.07, 6.45) is 10.4. The second-order valence-electron chi connectivity index (χ2n) is 10.0. The SMILES string of the molecule is CC(C)[Si](OCCN1C(=O)CCC[C@@H]1C=CC(=O)CCC1CC1)(C(C)C)C(C)C. The zero-order valence-corrected chi connectivity index (χ0v) is 20.6. The summed E-state index contributed by atoms with van der Waals surface area (Å²) in [6.45, 7) is 15.0. The minimum absolute atomic E-state index is 0.0398. The van der Waals surface area contributed by atoms with E-state index >= 15 is 0 Å². The molecule has 0 radical (unpaired) electrons. The van der Waals surface area contributed by atoms with Gasteiger partial charge in [0.2, 0.25) is 5.91 Å². The average molecular weight is 422 g/mol. The number of hydrogen-bond acceptors (Lipinski definition) is 3. The topological polar surface area (TPSA) is 46.6 Å². The summed E-state index contributed by atoms with van der Waals surface area (Å²) >= 11 is 0. The highest BCUT2D eigenvalue weighted by Crippen LogP contribution is 2.42. The van der Waals surface area contributed by atoms with Crippen LogP contribution in [-0.2, 0) is 14.0 Å². The van der Waals surface area contributed by atoms with E-state index < -0.39 is 8.32 Å². The van der Waals surface area contributed by atoms with Crippen molar-refractivity contribution in [1.82, 2.24) is 4.90 Å². The third-order valence-electron chi connectivity index (χ3n) is 7.00. The maximum atomic E-state index is 12.6. The zero-order chi connectivity index (χ0) is 21.6. The Bertz CT molecular complexity index is 559. The molecule has 0 aromatic heterocycles. The van der Waals surface area contributed by atoms with Crippen LogP contribution in [-0.4, -0.2) is 44.1 Å². The van der Waals surface area contributed by atoms with Gasteiger partial charge in [-0.05, 0) is 47.9 Å². The number of amides is 1. The number of allylic oxidation sites excluding steroid dienone is 1. The Morgan fingerprint density at radius 2 is 1.72 bits per heavy atom. The fourth-order valence-corrected chi connectivity index (χ4v) is 10.8. The minimum Gasteiger partial charge on any atom is -0.414 e. The summed E-state index contributed by atoms with van der Waals surface area (Å²) in [4.78, 5) is 26.7. The summed E-state index contributed by atoms with van der Waals surface area (Å²) < 4.78 is 6.66. The van der Waals surface area contributed by atoms with Crippen LogP contribution in [0.4, 0.5) is 0 Å². The van der Waals surface area contributed by atoms with E-state index in [0.29, 0.717) is 42.6 Å². The molecular weight excluding hydrogens is 378 g/mol. The van der Waals surface area contributed by atoms with Gasteiger partial charge in [-0.15, -0.1) is 0 Å². The van der Waals surface area contributed by atoms with Crippen molar-refractivity contribution in [3.05, 3.63) is 12.2 Å². The van der Waals surface area contributed by atoms with Gasteiger partial charge in [-0.1, -0.05) is 60.5 Å². The van der Waals surface area contributed by atoms with E-state index in [1.54, 1.807) is 6.08 Å². The van der Waals surface area contributed by atoms with Gasteiger partial charge in [-0.25, -0.2) is 0 Å². The average Bonchev–Trinajstić information content (AvgIpc) is 3.46. The molecule has 1 aliphatic carbocycles. The molecule has 1 atom stereocenters. The Kier molecular flexibility index (Phi) is 9.14. The Morgan fingerprint density at radius 1 is 1.10 bits per heavy atom. The molecule has 1 aliphatic heterocycles. The Hall–Kier alpha value is -0.943. The standard InChI is InChI=1S/C24H43NO3Si/c1-18(2)29(19(3)4,20(5)6)28-17-16-25-22(8-7-9-24(25)27)13-15-23(26)14-12-21-10-11-21/h13,15,18-22H,7-12,14,16-17H2,1-6H3/t22-/m1/s1. The van der Waals surface area contributed by atoms with Crippen LogP contribution in [0, 0.1) is 5.92 Å². The maximum absolute atomic E-state index is 12.6. The van der Waals surface area contributed by atoms with Crippen molar-refractivity contribution < 1.29 is 14.0 Å². The molecule has 29 heavy (non-hydrogen) atoms. The van der Waals surface area contributed by atoms with Crippen LogP contribution in [0.1, 0.15) is 86.5 Å². The van der Waals surface area contributed by atoms with Crippen molar-refractivity contribution >= 4 is 20.0 Å². The molecule has 1 amide bonds. The highest BCUT2D eigenvalue weighted by Gasteiger charge is 2.45. The minimum atomic E-state index is -1.92. The van der Waals surface area contributed by atoms with Gasteiger partial charge in [0.1, 0.15) is 0 Å². The van der Waals surface area contributed by atoms with Gasteiger partial charge in [0, 0.05) is 19.4 Å². The van der Waals surface area contributed by atoms with Crippen molar-refractivity contribution in [1.29, 1.82) is 0 Å². The number of rotatable bonds is 12. The fourth-order valence-electron chi connectivity index (χ4n) is 5.31. The molecule has 0 spiro atoms. The van der Waals surface area contributed by atoms with Gasteiger partial charge < -0.3 is 9.33 Å². The van der Waals surface area contributed by atoms with Crippen LogP contribution in [0.15, 0.2) is 12.2 Å². The second kappa shape index (κ2) is 10.9. The summed E-state index contributed by atoms with van der Waals surface area (Å²) in [5.74, 6) is 1.19. The molecule has 2 aliphatic rings. The van der Waals surface area contributed by atoms with Crippen LogP contribution in [0.5, 0.6) is 0 Å². The summed E-state index contributed by atoms with van der Waals surface area (Å²) in [5.41, 5.74) is 1.62. The molecule has 0 unspecified atom stereocenters. The predicted octanol–water partition coefficient (Wildman–Crippen LogP) is 5.88. The monoisotopic (exact) mass is 421 g/mol. The lowest BCUT2D eigenvalue weighted by atomic mass is 10.0. The Balaban J connectivity index is 1.95. The summed E-state index contributed by atoms with van der Waals surface area (Å²) in [7, 11) is -1.92. The van der Waals surface area contributed by atoms with E-state index in [4.69, 9.17) is 4.43 Å². The number of hydrogen-bond donors (Lipinski definition) is 0. The van der Waals surface area contributed by atoms with E-state index in [2.05, 4.69) is 41.5 Å². The van der Waals surface area contributed by atoms with Crippen LogP contribution in [0.2, 0.25) is 16.6 Å². The molecular formula is C24H43NO3Si. The Morgan fingerprint density at radius 3 is 2.28 bits per heavy atom. The van der Waals surface area contributed by atoms with Crippen LogP contribution < -0.4 is 0 Å². The highest BCUT2D eigenvalue weighted by molar-refractivity contribution is 6.77. The zero-order valence-electron chi connectivity index (χ0n) is 19.6. The second-order valence-corrected chi connectivity index (χ2v) is 15.5. The van der Waals surface area contributed by atoms with Crippen molar-refractivity contribution in [3.8, 4) is 0 Å². The number of nitrogens with zero attached hydrogens (tertiary/aromatic N) is 1. The molecule has 0 bridgehead atoms. The number of piperidine rings is 1. The van der Waals surface area contributed by atoms with Crippen LogP contribution >= 0.6 is 0 Å². The Labute approximate surface area is 179 Å². The lowest BCUT2D eigenvalue weighted by molar-refractivity contribution is -0.135. The smallest absolute Gasteiger partial charge is 0.223 e. The maximum Gasteiger partial charge on any atom is 0.223 e. The van der Waals surface area contributed by atoms with E-state index in [1.165, 1.54) is 12.8 Å². The first kappa shape index (κ1) is 24.3. The van der Waals surface area contributed by atoms with Crippen molar-refractivity contribution in [3.63, 3.8) is 0 Å². The number of likely N-dealkylation sites (tertiary alicyclic amines) is 1. The van der Waals surface area contributed by atoms with Gasteiger partial charge in [-0.2, -0.15) is 0 Å². The molecule has 5 heteroatoms. The third-order valence-corrected chi connectivity index (χ3v) is 13.1. The third kappa shape index (κ3) is 6.52. The normalized spacial score (nSPS) is 21.2. The molecule has 4 nitrogen and oxygen atoms in total. The molecule has 0 N–H and O–H groups in total. The number of carbonyl (C=O) groups is 2. The van der Waals surface area contributed by atoms with Crippen LogP contribution in [0.3, 0.4) is 0 Å². The van der Waals surface area contributed by atoms with Crippen LogP contribution in [0.25, 0.3) is 0 Å². The van der Waals surface area contributed by atoms with Gasteiger partial charge in [-0.3, -0.25) is 9.59 Å². The molecule has 0 aromatic rings.